The lowest BCUT2D eigenvalue weighted by molar-refractivity contribution is -0.157. The molecule has 0 aliphatic heterocycles. The molecule has 0 aromatic heterocycles. The smallest absolute Gasteiger partial charge is 0.306 e. The molecular formula is C29H33O2S+. The fourth-order valence-electron chi connectivity index (χ4n) is 4.77. The zero-order valence-electron chi connectivity index (χ0n) is 19.4. The molecule has 1 saturated carbocycles. The molecule has 1 fully saturated rings. The third-order valence-electron chi connectivity index (χ3n) is 6.46. The van der Waals surface area contributed by atoms with Crippen LogP contribution >= 0.6 is 0 Å². The number of esters is 1. The molecular weight excluding hydrogens is 412 g/mol. The summed E-state index contributed by atoms with van der Waals surface area (Å²) in [5.41, 5.74) is 3.53. The van der Waals surface area contributed by atoms with Gasteiger partial charge in [0.05, 0.1) is 10.9 Å². The maximum atomic E-state index is 12.5. The summed E-state index contributed by atoms with van der Waals surface area (Å²) in [4.78, 5) is 16.5. The average molecular weight is 446 g/mol. The van der Waals surface area contributed by atoms with E-state index in [4.69, 9.17) is 4.74 Å². The highest BCUT2D eigenvalue weighted by molar-refractivity contribution is 7.97. The van der Waals surface area contributed by atoms with Crippen molar-refractivity contribution in [3.8, 4) is 0 Å². The van der Waals surface area contributed by atoms with Crippen LogP contribution in [0.2, 0.25) is 0 Å². The number of carbonyl (C=O) groups excluding carboxylic acids is 1. The molecule has 0 atom stereocenters. The summed E-state index contributed by atoms with van der Waals surface area (Å²) in [6, 6.07) is 26.1. The monoisotopic (exact) mass is 445 g/mol. The quantitative estimate of drug-likeness (QED) is 0.284. The van der Waals surface area contributed by atoms with Crippen LogP contribution < -0.4 is 0 Å². The minimum Gasteiger partial charge on any atom is -0.459 e. The van der Waals surface area contributed by atoms with Crippen molar-refractivity contribution >= 4 is 16.9 Å². The van der Waals surface area contributed by atoms with Gasteiger partial charge in [0, 0.05) is 6.42 Å². The molecule has 2 nitrogen and oxygen atoms in total. The SMILES string of the molecule is Cc1cc([S+](c2ccccc2)c2ccccc2)cc(C)c1CCC(=O)OC1(C)CCCC1. The van der Waals surface area contributed by atoms with Gasteiger partial charge in [0.25, 0.3) is 0 Å². The van der Waals surface area contributed by atoms with Gasteiger partial charge < -0.3 is 4.74 Å². The number of ether oxygens (including phenoxy) is 1. The van der Waals surface area contributed by atoms with Gasteiger partial charge in [0.1, 0.15) is 5.60 Å². The molecule has 0 saturated heterocycles. The standard InChI is InChI=1S/C29H33O2S/c1-22-20-26(32(24-12-6-4-7-13-24)25-14-8-5-9-15-25)21-23(2)27(22)16-17-28(30)31-29(3)18-10-11-19-29/h4-9,12-15,20-21H,10-11,16-19H2,1-3H3/q+1. The minimum atomic E-state index is -0.245. The molecule has 0 amide bonds. The van der Waals surface area contributed by atoms with Gasteiger partial charge in [-0.25, -0.2) is 0 Å². The fraction of sp³-hybridized carbons (Fsp3) is 0.345. The topological polar surface area (TPSA) is 26.3 Å². The summed E-state index contributed by atoms with van der Waals surface area (Å²) in [6.45, 7) is 6.43. The highest BCUT2D eigenvalue weighted by Gasteiger charge is 2.33. The van der Waals surface area contributed by atoms with Crippen LogP contribution in [0.1, 0.15) is 55.7 Å². The Morgan fingerprint density at radius 1 is 0.844 bits per heavy atom. The highest BCUT2D eigenvalue weighted by atomic mass is 32.2. The van der Waals surface area contributed by atoms with Crippen molar-refractivity contribution in [2.45, 2.75) is 79.6 Å². The Morgan fingerprint density at radius 3 is 1.84 bits per heavy atom. The van der Waals surface area contributed by atoms with Crippen molar-refractivity contribution in [2.75, 3.05) is 0 Å². The molecule has 3 aromatic rings. The van der Waals surface area contributed by atoms with E-state index >= 15 is 0 Å². The van der Waals surface area contributed by atoms with Crippen LogP contribution in [0.15, 0.2) is 87.5 Å². The maximum absolute atomic E-state index is 12.5. The summed E-state index contributed by atoms with van der Waals surface area (Å²) >= 11 is 0. The van der Waals surface area contributed by atoms with Crippen LogP contribution in [0.25, 0.3) is 0 Å². The van der Waals surface area contributed by atoms with Crippen LogP contribution in [-0.2, 0) is 26.8 Å². The first-order valence-electron chi connectivity index (χ1n) is 11.6. The van der Waals surface area contributed by atoms with Gasteiger partial charge in [-0.15, -0.1) is 0 Å². The van der Waals surface area contributed by atoms with Gasteiger partial charge in [-0.2, -0.15) is 0 Å². The Bertz CT molecular complexity index is 991. The van der Waals surface area contributed by atoms with Gasteiger partial charge in [-0.1, -0.05) is 36.4 Å². The normalized spacial score (nSPS) is 15.1. The van der Waals surface area contributed by atoms with E-state index < -0.39 is 0 Å². The van der Waals surface area contributed by atoms with Crippen molar-refractivity contribution in [2.24, 2.45) is 0 Å². The summed E-state index contributed by atoms with van der Waals surface area (Å²) < 4.78 is 5.84. The van der Waals surface area contributed by atoms with Crippen molar-refractivity contribution in [1.82, 2.24) is 0 Å². The van der Waals surface area contributed by atoms with Crippen molar-refractivity contribution in [1.29, 1.82) is 0 Å². The fourth-order valence-corrected chi connectivity index (χ4v) is 7.03. The molecule has 32 heavy (non-hydrogen) atoms. The zero-order valence-corrected chi connectivity index (χ0v) is 20.2. The second kappa shape index (κ2) is 9.95. The molecule has 0 radical (unpaired) electrons. The number of benzene rings is 3. The Hall–Kier alpha value is -2.52. The third kappa shape index (κ3) is 5.27. The van der Waals surface area contributed by atoms with Crippen LogP contribution in [0.4, 0.5) is 0 Å². The van der Waals surface area contributed by atoms with E-state index in [1.165, 1.54) is 31.4 Å². The number of hydrogen-bond donors (Lipinski definition) is 0. The van der Waals surface area contributed by atoms with E-state index in [9.17, 15) is 4.79 Å². The molecule has 1 aliphatic carbocycles. The first-order valence-corrected chi connectivity index (χ1v) is 12.8. The Morgan fingerprint density at radius 2 is 1.34 bits per heavy atom. The van der Waals surface area contributed by atoms with Crippen molar-refractivity contribution in [3.05, 3.63) is 89.5 Å². The molecule has 0 N–H and O–H groups in total. The molecule has 166 valence electrons. The zero-order chi connectivity index (χ0) is 22.6. The second-order valence-electron chi connectivity index (χ2n) is 9.10. The van der Waals surface area contributed by atoms with E-state index in [1.807, 2.05) is 0 Å². The van der Waals surface area contributed by atoms with Gasteiger partial charge >= 0.3 is 5.97 Å². The van der Waals surface area contributed by atoms with E-state index in [1.54, 1.807) is 0 Å². The number of aryl methyl sites for hydroxylation is 2. The van der Waals surface area contributed by atoms with E-state index in [0.717, 1.165) is 32.1 Å². The van der Waals surface area contributed by atoms with Gasteiger partial charge in [-0.05, 0) is 106 Å². The van der Waals surface area contributed by atoms with Gasteiger partial charge in [-0.3, -0.25) is 4.79 Å². The molecule has 0 heterocycles. The molecule has 1 aliphatic rings. The number of hydrogen-bond acceptors (Lipinski definition) is 2. The lowest BCUT2D eigenvalue weighted by Crippen LogP contribution is -2.28. The van der Waals surface area contributed by atoms with Crippen LogP contribution in [0.3, 0.4) is 0 Å². The van der Waals surface area contributed by atoms with Crippen molar-refractivity contribution in [3.63, 3.8) is 0 Å². The molecule has 0 spiro atoms. The van der Waals surface area contributed by atoms with E-state index in [-0.39, 0.29) is 22.5 Å². The Kier molecular flexibility index (Phi) is 7.05. The first-order chi connectivity index (χ1) is 15.5. The predicted octanol–water partition coefficient (Wildman–Crippen LogP) is 7.21. The molecule has 3 aromatic carbocycles. The average Bonchev–Trinajstić information content (AvgIpc) is 3.20. The highest BCUT2D eigenvalue weighted by Crippen LogP contribution is 2.35. The number of carbonyl (C=O) groups is 1. The largest absolute Gasteiger partial charge is 0.459 e. The van der Waals surface area contributed by atoms with Crippen LogP contribution in [0.5, 0.6) is 0 Å². The Labute approximate surface area is 195 Å². The Balaban J connectivity index is 1.56. The lowest BCUT2D eigenvalue weighted by atomic mass is 9.98. The summed E-state index contributed by atoms with van der Waals surface area (Å²) in [7, 11) is -0.157. The molecule has 0 unspecified atom stereocenters. The van der Waals surface area contributed by atoms with Gasteiger partial charge in [0.2, 0.25) is 0 Å². The van der Waals surface area contributed by atoms with Crippen LogP contribution in [-0.4, -0.2) is 11.6 Å². The number of rotatable bonds is 7. The summed E-state index contributed by atoms with van der Waals surface area (Å²) in [5.74, 6) is -0.0643. The first kappa shape index (κ1) is 22.7. The molecule has 0 bridgehead atoms. The van der Waals surface area contributed by atoms with E-state index in [0.29, 0.717) is 6.42 Å². The molecule has 4 rings (SSSR count). The van der Waals surface area contributed by atoms with E-state index in [2.05, 4.69) is 93.6 Å². The van der Waals surface area contributed by atoms with Gasteiger partial charge in [0.15, 0.2) is 14.7 Å². The maximum Gasteiger partial charge on any atom is 0.306 e. The summed E-state index contributed by atoms with van der Waals surface area (Å²) in [5, 5.41) is 0. The predicted molar refractivity (Wildman–Crippen MR) is 132 cm³/mol. The van der Waals surface area contributed by atoms with Crippen molar-refractivity contribution < 1.29 is 9.53 Å². The lowest BCUT2D eigenvalue weighted by Gasteiger charge is -2.24. The second-order valence-corrected chi connectivity index (χ2v) is 11.1. The summed E-state index contributed by atoms with van der Waals surface area (Å²) in [6.07, 6.45) is 5.49. The van der Waals surface area contributed by atoms with Crippen LogP contribution in [0, 0.1) is 13.8 Å². The molecule has 3 heteroatoms. The minimum absolute atomic E-state index is 0.0643. The third-order valence-corrected chi connectivity index (χ3v) is 8.66.